The van der Waals surface area contributed by atoms with Gasteiger partial charge in [0.15, 0.2) is 6.61 Å². The van der Waals surface area contributed by atoms with E-state index in [0.29, 0.717) is 30.3 Å². The highest BCUT2D eigenvalue weighted by atomic mass is 32.2. The van der Waals surface area contributed by atoms with E-state index in [9.17, 15) is 13.2 Å². The molecule has 2 bridgehead atoms. The molecule has 0 aromatic heterocycles. The van der Waals surface area contributed by atoms with E-state index in [-0.39, 0.29) is 25.2 Å². The number of nitrogens with zero attached hydrogens (tertiary/aromatic N) is 1. The molecule has 3 aliphatic heterocycles. The van der Waals surface area contributed by atoms with Crippen molar-refractivity contribution in [2.75, 3.05) is 26.0 Å². The van der Waals surface area contributed by atoms with Gasteiger partial charge in [-0.25, -0.2) is 8.42 Å². The summed E-state index contributed by atoms with van der Waals surface area (Å²) in [6.45, 7) is 2.66. The fourth-order valence-electron chi connectivity index (χ4n) is 4.67. The smallest absolute Gasteiger partial charge is 0.264 e. The van der Waals surface area contributed by atoms with E-state index in [1.807, 2.05) is 12.1 Å². The topological polar surface area (TPSA) is 84.9 Å². The first-order chi connectivity index (χ1) is 13.8. The average molecular weight is 421 g/mol. The second-order valence-electron chi connectivity index (χ2n) is 8.15. The van der Waals surface area contributed by atoms with Crippen molar-refractivity contribution in [3.8, 4) is 5.75 Å². The van der Waals surface area contributed by atoms with Crippen LogP contribution in [0, 0.1) is 6.92 Å². The van der Waals surface area contributed by atoms with Crippen LogP contribution in [0.2, 0.25) is 0 Å². The number of sulfonamides is 1. The predicted octanol–water partition coefficient (Wildman–Crippen LogP) is 2.42. The Labute approximate surface area is 172 Å². The van der Waals surface area contributed by atoms with E-state index in [4.69, 9.17) is 9.47 Å². The van der Waals surface area contributed by atoms with Gasteiger partial charge in [-0.05, 0) is 50.2 Å². The van der Waals surface area contributed by atoms with Crippen LogP contribution in [-0.2, 0) is 19.6 Å². The summed E-state index contributed by atoms with van der Waals surface area (Å²) >= 11 is 0. The maximum absolute atomic E-state index is 12.9. The summed E-state index contributed by atoms with van der Waals surface area (Å²) in [6, 6.07) is 5.99. The highest BCUT2D eigenvalue weighted by molar-refractivity contribution is 7.88. The maximum atomic E-state index is 12.9. The van der Waals surface area contributed by atoms with Gasteiger partial charge in [0.05, 0.1) is 24.7 Å². The maximum Gasteiger partial charge on any atom is 0.264 e. The molecule has 1 aromatic carbocycles. The summed E-state index contributed by atoms with van der Waals surface area (Å²) in [5, 5.41) is 0. The highest BCUT2D eigenvalue weighted by Crippen LogP contribution is 2.40. The van der Waals surface area contributed by atoms with Gasteiger partial charge < -0.3 is 14.4 Å². The molecule has 0 radical (unpaired) electrons. The molecule has 0 atom stereocenters. The molecule has 29 heavy (non-hydrogen) atoms. The molecule has 1 N–H and O–H groups in total. The molecule has 4 aliphatic rings. The van der Waals surface area contributed by atoms with Crippen LogP contribution in [0.15, 0.2) is 29.6 Å². The number of hydrogen-bond acceptors (Lipinski definition) is 5. The number of rotatable bonds is 2. The van der Waals surface area contributed by atoms with E-state index < -0.39 is 10.0 Å². The number of carbonyl (C=O) groups is 1. The van der Waals surface area contributed by atoms with Gasteiger partial charge in [-0.2, -0.15) is 0 Å². The van der Waals surface area contributed by atoms with Gasteiger partial charge >= 0.3 is 0 Å². The molecule has 0 saturated heterocycles. The SMILES string of the molecule is Cc1cccc2c1C1CCC(CC1)OCC1=C(NS(C)(=O)=O)CCN1C(=O)CO2. The van der Waals surface area contributed by atoms with E-state index in [2.05, 4.69) is 17.7 Å². The average Bonchev–Trinajstić information content (AvgIpc) is 3.05. The zero-order valence-corrected chi connectivity index (χ0v) is 17.8. The Kier molecular flexibility index (Phi) is 5.57. The van der Waals surface area contributed by atoms with E-state index in [1.54, 1.807) is 4.90 Å². The Morgan fingerprint density at radius 2 is 1.90 bits per heavy atom. The molecule has 1 aromatic rings. The number of amides is 1. The van der Waals surface area contributed by atoms with Gasteiger partial charge in [-0.3, -0.25) is 9.52 Å². The Morgan fingerprint density at radius 3 is 2.62 bits per heavy atom. The first-order valence-corrected chi connectivity index (χ1v) is 12.0. The lowest BCUT2D eigenvalue weighted by Gasteiger charge is -2.30. The van der Waals surface area contributed by atoms with Crippen LogP contribution in [0.4, 0.5) is 0 Å². The fraction of sp³-hybridized carbons (Fsp3) is 0.571. The zero-order chi connectivity index (χ0) is 20.6. The van der Waals surface area contributed by atoms with Crippen molar-refractivity contribution in [1.82, 2.24) is 9.62 Å². The predicted molar refractivity (Wildman–Crippen MR) is 109 cm³/mol. The van der Waals surface area contributed by atoms with E-state index >= 15 is 0 Å². The Morgan fingerprint density at radius 1 is 1.14 bits per heavy atom. The normalized spacial score (nSPS) is 25.4. The van der Waals surface area contributed by atoms with Gasteiger partial charge in [0.25, 0.3) is 5.91 Å². The minimum Gasteiger partial charge on any atom is -0.483 e. The van der Waals surface area contributed by atoms with Gasteiger partial charge in [-0.1, -0.05) is 12.1 Å². The van der Waals surface area contributed by atoms with Crippen LogP contribution in [0.3, 0.4) is 0 Å². The Balaban J connectivity index is 1.67. The lowest BCUT2D eigenvalue weighted by atomic mass is 9.80. The van der Waals surface area contributed by atoms with Gasteiger partial charge in [0.2, 0.25) is 10.0 Å². The molecular formula is C21H28N2O5S. The van der Waals surface area contributed by atoms with Crippen molar-refractivity contribution < 1.29 is 22.7 Å². The molecule has 1 aliphatic carbocycles. The summed E-state index contributed by atoms with van der Waals surface area (Å²) < 4.78 is 38.2. The van der Waals surface area contributed by atoms with E-state index in [1.165, 1.54) is 11.1 Å². The third-order valence-corrected chi connectivity index (χ3v) is 6.66. The van der Waals surface area contributed by atoms with Gasteiger partial charge in [0.1, 0.15) is 5.75 Å². The lowest BCUT2D eigenvalue weighted by Crippen LogP contribution is -2.35. The van der Waals surface area contributed by atoms with Crippen LogP contribution < -0.4 is 9.46 Å². The van der Waals surface area contributed by atoms with Gasteiger partial charge in [0, 0.05) is 24.2 Å². The lowest BCUT2D eigenvalue weighted by molar-refractivity contribution is -0.131. The standard InChI is InChI=1S/C21H28N2O5S/c1-14-4-3-5-19-21(14)15-6-8-16(9-7-15)27-12-18-17(22-29(2,25)26)10-11-23(18)20(24)13-28-19/h3-5,15-16,22H,6-13H2,1-2H3. The molecule has 3 heterocycles. The monoisotopic (exact) mass is 420 g/mol. The number of carbonyl (C=O) groups excluding carboxylic acids is 1. The highest BCUT2D eigenvalue weighted by Gasteiger charge is 2.32. The Hall–Kier alpha value is -2.06. The summed E-state index contributed by atoms with van der Waals surface area (Å²) in [7, 11) is -3.42. The number of fused-ring (bicyclic) bond motifs is 5. The fourth-order valence-corrected chi connectivity index (χ4v) is 5.34. The summed E-state index contributed by atoms with van der Waals surface area (Å²) in [5.74, 6) is 0.998. The molecule has 8 heteroatoms. The first-order valence-electron chi connectivity index (χ1n) is 10.2. The minimum atomic E-state index is -3.42. The van der Waals surface area contributed by atoms with E-state index in [0.717, 1.165) is 37.7 Å². The number of ether oxygens (including phenoxy) is 2. The van der Waals surface area contributed by atoms with Crippen molar-refractivity contribution in [3.05, 3.63) is 40.7 Å². The van der Waals surface area contributed by atoms with Crippen molar-refractivity contribution >= 4 is 15.9 Å². The number of benzene rings is 1. The Bertz CT molecular complexity index is 932. The summed E-state index contributed by atoms with van der Waals surface area (Å²) in [6.07, 6.45) is 5.59. The molecule has 1 saturated carbocycles. The zero-order valence-electron chi connectivity index (χ0n) is 16.9. The van der Waals surface area contributed by atoms with Crippen molar-refractivity contribution in [1.29, 1.82) is 0 Å². The number of nitrogens with one attached hydrogen (secondary N) is 1. The van der Waals surface area contributed by atoms with Crippen molar-refractivity contribution in [3.63, 3.8) is 0 Å². The molecule has 5 rings (SSSR count). The van der Waals surface area contributed by atoms with Crippen LogP contribution >= 0.6 is 0 Å². The molecule has 0 spiro atoms. The van der Waals surface area contributed by atoms with Crippen LogP contribution in [0.5, 0.6) is 5.75 Å². The molecule has 1 fully saturated rings. The first kappa shape index (κ1) is 20.2. The minimum absolute atomic E-state index is 0.0811. The van der Waals surface area contributed by atoms with Crippen LogP contribution in [0.1, 0.15) is 49.1 Å². The van der Waals surface area contributed by atoms with Crippen molar-refractivity contribution in [2.24, 2.45) is 0 Å². The third-order valence-electron chi connectivity index (χ3n) is 6.04. The molecule has 0 unspecified atom stereocenters. The second kappa shape index (κ2) is 7.99. The van der Waals surface area contributed by atoms with Crippen LogP contribution in [-0.4, -0.2) is 51.3 Å². The second-order valence-corrected chi connectivity index (χ2v) is 9.90. The molecular weight excluding hydrogens is 392 g/mol. The largest absolute Gasteiger partial charge is 0.483 e. The number of hydrogen-bond donors (Lipinski definition) is 1. The number of aryl methyl sites for hydroxylation is 1. The quantitative estimate of drug-likeness (QED) is 0.794. The summed E-state index contributed by atoms with van der Waals surface area (Å²) in [4.78, 5) is 14.5. The molecule has 158 valence electrons. The van der Waals surface area contributed by atoms with Gasteiger partial charge in [-0.15, -0.1) is 0 Å². The van der Waals surface area contributed by atoms with Crippen molar-refractivity contribution in [2.45, 2.75) is 51.0 Å². The summed E-state index contributed by atoms with van der Waals surface area (Å²) in [5.41, 5.74) is 3.54. The molecule has 1 amide bonds. The molecule has 7 nitrogen and oxygen atoms in total. The van der Waals surface area contributed by atoms with Crippen LogP contribution in [0.25, 0.3) is 0 Å². The third kappa shape index (κ3) is 4.43.